The summed E-state index contributed by atoms with van der Waals surface area (Å²) in [5.41, 5.74) is 0.227. The summed E-state index contributed by atoms with van der Waals surface area (Å²) in [6.45, 7) is 3.00. The van der Waals surface area contributed by atoms with E-state index in [1.807, 2.05) is 6.92 Å². The summed E-state index contributed by atoms with van der Waals surface area (Å²) < 4.78 is 66.9. The van der Waals surface area contributed by atoms with Crippen molar-refractivity contribution >= 4 is 25.7 Å². The summed E-state index contributed by atoms with van der Waals surface area (Å²) >= 11 is 0. The molecule has 1 saturated heterocycles. The summed E-state index contributed by atoms with van der Waals surface area (Å²) in [4.78, 5) is 0.0456. The molecule has 2 aromatic carbocycles. The Bertz CT molecular complexity index is 1000. The number of benzene rings is 2. The average molecular weight is 413 g/mol. The van der Waals surface area contributed by atoms with E-state index in [9.17, 15) is 21.2 Å². The fraction of sp³-hybridized carbons (Fsp3) is 0.333. The molecule has 0 spiro atoms. The standard InChI is InChI=1S/C18H21FN2O4S2/c1-14-3-2-12-21(13-14)27(24,25)18-10-6-16(7-11-18)20-26(22,23)17-8-4-15(19)5-9-17/h4-11,14,20H,2-3,12-13H2,1H3/t14-/m1/s1. The second-order valence-electron chi connectivity index (χ2n) is 6.69. The van der Waals surface area contributed by atoms with E-state index < -0.39 is 25.9 Å². The number of anilines is 1. The van der Waals surface area contributed by atoms with Crippen LogP contribution >= 0.6 is 0 Å². The molecule has 0 amide bonds. The van der Waals surface area contributed by atoms with E-state index in [2.05, 4.69) is 4.72 Å². The van der Waals surface area contributed by atoms with Crippen molar-refractivity contribution in [1.29, 1.82) is 0 Å². The van der Waals surface area contributed by atoms with E-state index in [0.717, 1.165) is 37.1 Å². The molecular formula is C18H21FN2O4S2. The first-order chi connectivity index (χ1) is 12.7. The Kier molecular flexibility index (Phi) is 5.55. The van der Waals surface area contributed by atoms with Gasteiger partial charge in [0.2, 0.25) is 10.0 Å². The number of hydrogen-bond acceptors (Lipinski definition) is 4. The van der Waals surface area contributed by atoms with Gasteiger partial charge in [-0.1, -0.05) is 6.92 Å². The van der Waals surface area contributed by atoms with Crippen LogP contribution in [-0.4, -0.2) is 34.2 Å². The van der Waals surface area contributed by atoms with E-state index in [1.54, 1.807) is 0 Å². The summed E-state index contributed by atoms with van der Waals surface area (Å²) in [5, 5.41) is 0. The lowest BCUT2D eigenvalue weighted by atomic mass is 10.0. The number of sulfonamides is 2. The van der Waals surface area contributed by atoms with Gasteiger partial charge in [0.05, 0.1) is 9.79 Å². The molecule has 0 bridgehead atoms. The molecule has 146 valence electrons. The first-order valence-electron chi connectivity index (χ1n) is 8.57. The Morgan fingerprint density at radius 1 is 0.963 bits per heavy atom. The fourth-order valence-electron chi connectivity index (χ4n) is 3.04. The van der Waals surface area contributed by atoms with Crippen molar-refractivity contribution in [3.63, 3.8) is 0 Å². The number of halogens is 1. The van der Waals surface area contributed by atoms with Crippen LogP contribution in [0, 0.1) is 11.7 Å². The van der Waals surface area contributed by atoms with Crippen LogP contribution in [0.3, 0.4) is 0 Å². The van der Waals surface area contributed by atoms with Crippen LogP contribution in [0.15, 0.2) is 58.3 Å². The van der Waals surface area contributed by atoms with Crippen molar-refractivity contribution in [3.8, 4) is 0 Å². The molecule has 3 rings (SSSR count). The van der Waals surface area contributed by atoms with Gasteiger partial charge < -0.3 is 0 Å². The second-order valence-corrected chi connectivity index (χ2v) is 10.3. The molecule has 9 heteroatoms. The van der Waals surface area contributed by atoms with Crippen LogP contribution in [0.5, 0.6) is 0 Å². The minimum atomic E-state index is -3.88. The molecule has 1 fully saturated rings. The molecule has 1 aliphatic heterocycles. The Hall–Kier alpha value is -1.97. The highest BCUT2D eigenvalue weighted by Gasteiger charge is 2.28. The van der Waals surface area contributed by atoms with Gasteiger partial charge in [0.25, 0.3) is 10.0 Å². The third kappa shape index (κ3) is 4.48. The minimum Gasteiger partial charge on any atom is -0.280 e. The monoisotopic (exact) mass is 412 g/mol. The van der Waals surface area contributed by atoms with Crippen LogP contribution in [0.25, 0.3) is 0 Å². The lowest BCUT2D eigenvalue weighted by Gasteiger charge is -2.30. The predicted molar refractivity (Wildman–Crippen MR) is 101 cm³/mol. The Morgan fingerprint density at radius 2 is 1.56 bits per heavy atom. The van der Waals surface area contributed by atoms with Gasteiger partial charge in [0.1, 0.15) is 5.82 Å². The van der Waals surface area contributed by atoms with Gasteiger partial charge in [-0.25, -0.2) is 21.2 Å². The maximum absolute atomic E-state index is 13.0. The SMILES string of the molecule is C[C@@H]1CCCN(S(=O)(=O)c2ccc(NS(=O)(=O)c3ccc(F)cc3)cc2)C1. The lowest BCUT2D eigenvalue weighted by molar-refractivity contribution is 0.281. The summed E-state index contributed by atoms with van der Waals surface area (Å²) in [5.74, 6) is -0.217. The normalized spacial score (nSPS) is 19.0. The molecular weight excluding hydrogens is 391 g/mol. The molecule has 1 N–H and O–H groups in total. The van der Waals surface area contributed by atoms with Gasteiger partial charge >= 0.3 is 0 Å². The molecule has 0 aliphatic carbocycles. The molecule has 0 saturated carbocycles. The van der Waals surface area contributed by atoms with Gasteiger partial charge in [0.15, 0.2) is 0 Å². The van der Waals surface area contributed by atoms with E-state index in [0.29, 0.717) is 19.0 Å². The van der Waals surface area contributed by atoms with Crippen molar-refractivity contribution in [1.82, 2.24) is 4.31 Å². The lowest BCUT2D eigenvalue weighted by Crippen LogP contribution is -2.39. The fourth-order valence-corrected chi connectivity index (χ4v) is 5.69. The highest BCUT2D eigenvalue weighted by molar-refractivity contribution is 7.92. The number of hydrogen-bond donors (Lipinski definition) is 1. The van der Waals surface area contributed by atoms with Crippen LogP contribution in [0.1, 0.15) is 19.8 Å². The number of piperidine rings is 1. The molecule has 1 atom stereocenters. The molecule has 1 heterocycles. The van der Waals surface area contributed by atoms with Crippen molar-refractivity contribution in [2.75, 3.05) is 17.8 Å². The van der Waals surface area contributed by atoms with Gasteiger partial charge in [-0.15, -0.1) is 0 Å². The molecule has 27 heavy (non-hydrogen) atoms. The Balaban J connectivity index is 1.78. The first-order valence-corrected chi connectivity index (χ1v) is 11.5. The first kappa shape index (κ1) is 19.8. The van der Waals surface area contributed by atoms with Crippen molar-refractivity contribution in [3.05, 3.63) is 54.3 Å². The third-order valence-corrected chi connectivity index (χ3v) is 7.76. The number of nitrogens with zero attached hydrogens (tertiary/aromatic N) is 1. The minimum absolute atomic E-state index is 0.0806. The van der Waals surface area contributed by atoms with Gasteiger partial charge in [-0.2, -0.15) is 4.31 Å². The van der Waals surface area contributed by atoms with E-state index in [-0.39, 0.29) is 15.5 Å². The molecule has 2 aromatic rings. The maximum atomic E-state index is 13.0. The zero-order valence-corrected chi connectivity index (χ0v) is 16.4. The van der Waals surface area contributed by atoms with E-state index in [1.165, 1.54) is 28.6 Å². The van der Waals surface area contributed by atoms with Crippen molar-refractivity contribution in [2.24, 2.45) is 5.92 Å². The smallest absolute Gasteiger partial charge is 0.261 e. The topological polar surface area (TPSA) is 83.6 Å². The third-order valence-electron chi connectivity index (χ3n) is 4.49. The van der Waals surface area contributed by atoms with Gasteiger partial charge in [0, 0.05) is 18.8 Å². The maximum Gasteiger partial charge on any atom is 0.261 e. The Labute approximate surface area is 159 Å². The summed E-state index contributed by atoms with van der Waals surface area (Å²) in [6.07, 6.45) is 1.84. The molecule has 0 radical (unpaired) electrons. The zero-order valence-electron chi connectivity index (χ0n) is 14.8. The predicted octanol–water partition coefficient (Wildman–Crippen LogP) is 3.05. The molecule has 0 aromatic heterocycles. The Morgan fingerprint density at radius 3 is 2.15 bits per heavy atom. The van der Waals surface area contributed by atoms with Gasteiger partial charge in [-0.3, -0.25) is 4.72 Å². The molecule has 1 aliphatic rings. The van der Waals surface area contributed by atoms with Crippen LogP contribution in [-0.2, 0) is 20.0 Å². The summed E-state index contributed by atoms with van der Waals surface area (Å²) in [6, 6.07) is 10.0. The molecule has 6 nitrogen and oxygen atoms in total. The quantitative estimate of drug-likeness (QED) is 0.818. The highest BCUT2D eigenvalue weighted by Crippen LogP contribution is 2.25. The average Bonchev–Trinajstić information content (AvgIpc) is 2.62. The zero-order chi connectivity index (χ0) is 19.7. The number of rotatable bonds is 5. The van der Waals surface area contributed by atoms with E-state index >= 15 is 0 Å². The van der Waals surface area contributed by atoms with Crippen molar-refractivity contribution < 1.29 is 21.2 Å². The van der Waals surface area contributed by atoms with Gasteiger partial charge in [-0.05, 0) is 67.3 Å². The van der Waals surface area contributed by atoms with Crippen molar-refractivity contribution in [2.45, 2.75) is 29.6 Å². The van der Waals surface area contributed by atoms with Crippen LogP contribution < -0.4 is 4.72 Å². The highest BCUT2D eigenvalue weighted by atomic mass is 32.2. The summed E-state index contributed by atoms with van der Waals surface area (Å²) in [7, 11) is -7.48. The van der Waals surface area contributed by atoms with Crippen LogP contribution in [0.4, 0.5) is 10.1 Å². The van der Waals surface area contributed by atoms with Crippen LogP contribution in [0.2, 0.25) is 0 Å². The number of nitrogens with one attached hydrogen (secondary N) is 1. The molecule has 0 unspecified atom stereocenters. The largest absolute Gasteiger partial charge is 0.280 e. The van der Waals surface area contributed by atoms with E-state index in [4.69, 9.17) is 0 Å². The second kappa shape index (κ2) is 7.57.